The number of carboxylic acid groups (broad SMARTS) is 2. The number of hydrogen-bond donors (Lipinski definition) is 2. The molecule has 3 unspecified atom stereocenters. The van der Waals surface area contributed by atoms with Crippen LogP contribution in [0.15, 0.2) is 18.2 Å². The molecule has 0 radical (unpaired) electrons. The van der Waals surface area contributed by atoms with Crippen molar-refractivity contribution in [3.8, 4) is 0 Å². The number of aromatic carboxylic acids is 2. The molecule has 2 rings (SSSR count). The van der Waals surface area contributed by atoms with E-state index in [4.69, 9.17) is 21.8 Å². The smallest absolute Gasteiger partial charge is 0.335 e. The van der Waals surface area contributed by atoms with Gasteiger partial charge < -0.3 is 10.2 Å². The number of carboxylic acids is 2. The number of benzene rings is 1. The molecule has 3 atom stereocenters. The molecule has 21 heavy (non-hydrogen) atoms. The lowest BCUT2D eigenvalue weighted by Gasteiger charge is -2.03. The van der Waals surface area contributed by atoms with Crippen molar-refractivity contribution >= 4 is 33.8 Å². The van der Waals surface area contributed by atoms with Crippen LogP contribution in [-0.4, -0.2) is 37.3 Å². The minimum atomic E-state index is -1.11. The molecule has 0 aromatic heterocycles. The fourth-order valence-corrected chi connectivity index (χ4v) is 3.74. The molecule has 116 valence electrons. The summed E-state index contributed by atoms with van der Waals surface area (Å²) in [5.74, 6) is -1.48. The first-order valence-electron chi connectivity index (χ1n) is 6.69. The van der Waals surface area contributed by atoms with Crippen molar-refractivity contribution < 1.29 is 19.8 Å². The first-order chi connectivity index (χ1) is 9.44. The highest BCUT2D eigenvalue weighted by Gasteiger charge is 2.64. The Kier molecular flexibility index (Phi) is 4.90. The zero-order valence-electron chi connectivity index (χ0n) is 12.9. The first kappa shape index (κ1) is 17.7. The van der Waals surface area contributed by atoms with Gasteiger partial charge in [-0.2, -0.15) is 0 Å². The maximum Gasteiger partial charge on any atom is 0.335 e. The van der Waals surface area contributed by atoms with E-state index in [-0.39, 0.29) is 21.6 Å². The first-order valence-corrected chi connectivity index (χ1v) is 8.07. The largest absolute Gasteiger partial charge is 0.478 e. The van der Waals surface area contributed by atoms with Gasteiger partial charge in [-0.3, -0.25) is 0 Å². The van der Waals surface area contributed by atoms with Gasteiger partial charge in [0.05, 0.1) is 11.1 Å². The molecule has 0 heterocycles. The van der Waals surface area contributed by atoms with E-state index in [0.29, 0.717) is 5.04 Å². The minimum absolute atomic E-state index is 0.0277. The van der Waals surface area contributed by atoms with E-state index in [1.54, 1.807) is 0 Å². The van der Waals surface area contributed by atoms with Gasteiger partial charge in [0, 0.05) is 15.1 Å². The van der Waals surface area contributed by atoms with E-state index in [9.17, 15) is 9.59 Å². The topological polar surface area (TPSA) is 74.6 Å². The molecular formula is C15H21ClO4Si. The molecule has 1 aromatic rings. The number of alkyl halides is 1. The molecule has 1 fully saturated rings. The molecule has 4 nitrogen and oxygen atoms in total. The molecule has 0 saturated heterocycles. The lowest BCUT2D eigenvalue weighted by Crippen LogP contribution is -2.06. The van der Waals surface area contributed by atoms with Crippen LogP contribution < -0.4 is 0 Å². The number of rotatable bonds is 2. The minimum Gasteiger partial charge on any atom is -0.478 e. The molecular weight excluding hydrogens is 308 g/mol. The highest BCUT2D eigenvalue weighted by Crippen LogP contribution is 2.69. The third kappa shape index (κ3) is 3.30. The SMILES string of the molecule is CC1C(C)([SiH3])C1(C)Cl.Cc1c(C(=O)O)cccc1C(=O)O. The molecule has 1 aromatic carbocycles. The summed E-state index contributed by atoms with van der Waals surface area (Å²) in [5, 5.41) is 17.9. The van der Waals surface area contributed by atoms with Crippen molar-refractivity contribution in [1.29, 1.82) is 0 Å². The highest BCUT2D eigenvalue weighted by atomic mass is 35.5. The maximum atomic E-state index is 10.6. The van der Waals surface area contributed by atoms with Crippen molar-refractivity contribution in [2.24, 2.45) is 5.92 Å². The van der Waals surface area contributed by atoms with Crippen molar-refractivity contribution in [3.05, 3.63) is 34.9 Å². The molecule has 1 aliphatic carbocycles. The van der Waals surface area contributed by atoms with Crippen molar-refractivity contribution in [1.82, 2.24) is 0 Å². The second-order valence-electron chi connectivity index (χ2n) is 6.11. The Morgan fingerprint density at radius 1 is 1.19 bits per heavy atom. The van der Waals surface area contributed by atoms with E-state index < -0.39 is 11.9 Å². The lowest BCUT2D eigenvalue weighted by atomic mass is 10.0. The van der Waals surface area contributed by atoms with Gasteiger partial charge >= 0.3 is 11.9 Å². The summed E-state index contributed by atoms with van der Waals surface area (Å²) in [6.45, 7) is 8.13. The van der Waals surface area contributed by atoms with Gasteiger partial charge in [-0.05, 0) is 42.5 Å². The van der Waals surface area contributed by atoms with Gasteiger partial charge in [-0.25, -0.2) is 9.59 Å². The normalized spacial score (nSPS) is 30.2. The lowest BCUT2D eigenvalue weighted by molar-refractivity contribution is 0.0696. The Balaban J connectivity index is 0.000000235. The monoisotopic (exact) mass is 328 g/mol. The van der Waals surface area contributed by atoms with Crippen LogP contribution in [0.3, 0.4) is 0 Å². The molecule has 1 saturated carbocycles. The summed E-state index contributed by atoms with van der Waals surface area (Å²) < 4.78 is 0. The zero-order valence-corrected chi connectivity index (χ0v) is 15.7. The van der Waals surface area contributed by atoms with E-state index in [1.165, 1.54) is 35.4 Å². The summed E-state index contributed by atoms with van der Waals surface area (Å²) in [5.41, 5.74) is 0.335. The zero-order chi connectivity index (χ0) is 16.6. The summed E-state index contributed by atoms with van der Waals surface area (Å²) in [7, 11) is 1.23. The molecule has 0 amide bonds. The van der Waals surface area contributed by atoms with Crippen LogP contribution in [0.25, 0.3) is 0 Å². The van der Waals surface area contributed by atoms with E-state index in [2.05, 4.69) is 20.8 Å². The van der Waals surface area contributed by atoms with E-state index in [1.807, 2.05) is 0 Å². The summed E-state index contributed by atoms with van der Waals surface area (Å²) in [4.78, 5) is 21.3. The third-order valence-corrected chi connectivity index (χ3v) is 7.90. The Morgan fingerprint density at radius 3 is 1.67 bits per heavy atom. The van der Waals surface area contributed by atoms with Crippen LogP contribution in [0.2, 0.25) is 5.04 Å². The fraction of sp³-hybridized carbons (Fsp3) is 0.467. The van der Waals surface area contributed by atoms with Crippen molar-refractivity contribution in [2.45, 2.75) is 37.6 Å². The van der Waals surface area contributed by atoms with Gasteiger partial charge in [-0.1, -0.05) is 19.9 Å². The van der Waals surface area contributed by atoms with Crippen LogP contribution in [0, 0.1) is 12.8 Å². The van der Waals surface area contributed by atoms with Crippen molar-refractivity contribution in [2.75, 3.05) is 0 Å². The van der Waals surface area contributed by atoms with Crippen LogP contribution in [0.4, 0.5) is 0 Å². The average Bonchev–Trinajstić information content (AvgIpc) is 2.71. The molecule has 1 aliphatic rings. The second-order valence-corrected chi connectivity index (χ2v) is 8.97. The predicted octanol–water partition coefficient (Wildman–Crippen LogP) is 2.57. The highest BCUT2D eigenvalue weighted by molar-refractivity contribution is 6.36. The average molecular weight is 329 g/mol. The van der Waals surface area contributed by atoms with Gasteiger partial charge in [0.2, 0.25) is 0 Å². The van der Waals surface area contributed by atoms with Gasteiger partial charge in [0.25, 0.3) is 0 Å². The van der Waals surface area contributed by atoms with E-state index in [0.717, 1.165) is 5.92 Å². The molecule has 2 N–H and O–H groups in total. The van der Waals surface area contributed by atoms with Gasteiger partial charge in [0.1, 0.15) is 0 Å². The summed E-state index contributed by atoms with van der Waals surface area (Å²) >= 11 is 6.12. The molecule has 6 heteroatoms. The van der Waals surface area contributed by atoms with Gasteiger partial charge in [0.15, 0.2) is 0 Å². The van der Waals surface area contributed by atoms with Crippen LogP contribution in [0.1, 0.15) is 47.1 Å². The van der Waals surface area contributed by atoms with Gasteiger partial charge in [-0.15, -0.1) is 11.6 Å². The van der Waals surface area contributed by atoms with Crippen LogP contribution in [-0.2, 0) is 0 Å². The fourth-order valence-electron chi connectivity index (χ4n) is 2.31. The Labute approximate surface area is 132 Å². The standard InChI is InChI=1S/C9H8O4.C6H13ClSi/c1-5-6(8(10)11)3-2-4-7(5)9(12)13;1-4-5(2,7)6(4,3)8/h2-4H,1H3,(H,10,11)(H,12,13);4H,1-3,8H3. The molecule has 0 aliphatic heterocycles. The number of halogens is 1. The maximum absolute atomic E-state index is 10.6. The van der Waals surface area contributed by atoms with Crippen molar-refractivity contribution in [3.63, 3.8) is 0 Å². The molecule has 0 spiro atoms. The number of hydrogen-bond acceptors (Lipinski definition) is 2. The Hall–Kier alpha value is -1.33. The van der Waals surface area contributed by atoms with Crippen LogP contribution in [0.5, 0.6) is 0 Å². The molecule has 0 bridgehead atoms. The number of carbonyl (C=O) groups is 2. The van der Waals surface area contributed by atoms with E-state index >= 15 is 0 Å². The summed E-state index contributed by atoms with van der Waals surface area (Å²) in [6, 6.07) is 4.17. The van der Waals surface area contributed by atoms with Crippen LogP contribution >= 0.6 is 11.6 Å². The quantitative estimate of drug-likeness (QED) is 0.646. The summed E-state index contributed by atoms with van der Waals surface area (Å²) in [6.07, 6.45) is 0. The third-order valence-electron chi connectivity index (χ3n) is 4.87. The second kappa shape index (κ2) is 5.81. The Bertz CT molecular complexity index is 535. The predicted molar refractivity (Wildman–Crippen MR) is 86.8 cm³/mol. The Morgan fingerprint density at radius 2 is 1.48 bits per heavy atom.